The van der Waals surface area contributed by atoms with Crippen LogP contribution in [0.1, 0.15) is 126 Å². The number of phosphoric acid groups is 1. The highest BCUT2D eigenvalue weighted by molar-refractivity contribution is 7.48. The van der Waals surface area contributed by atoms with Gasteiger partial charge in [-0.15, -0.1) is 0 Å². The number of hydrogen-bond acceptors (Lipinski definition) is 14. The normalized spacial score (nSPS) is 24.3. The monoisotopic (exact) mass is 1320 g/mol. The van der Waals surface area contributed by atoms with Crippen molar-refractivity contribution in [1.29, 1.82) is 0 Å². The minimum Gasteiger partial charge on any atom is -0.465 e. The molecule has 28 heteroatoms. The number of cyclic esters (lactones) is 2. The molecule has 0 saturated heterocycles. The lowest BCUT2D eigenvalue weighted by Gasteiger charge is -2.38. The molecule has 84 heavy (non-hydrogen) atoms. The van der Waals surface area contributed by atoms with Crippen LogP contribution in [-0.2, 0) is 67.6 Å². The zero-order valence-electron chi connectivity index (χ0n) is 49.9. The molecule has 9 atom stereocenters. The smallest absolute Gasteiger partial charge is 0.465 e. The van der Waals surface area contributed by atoms with Gasteiger partial charge in [-0.05, 0) is 83.3 Å². The maximum Gasteiger partial charge on any atom is 0.475 e. The van der Waals surface area contributed by atoms with Gasteiger partial charge in [0.05, 0.1) is 13.2 Å². The first kappa shape index (κ1) is 76.2. The fourth-order valence-electron chi connectivity index (χ4n) is 8.87. The molecule has 476 valence electrons. The molecule has 21 nitrogen and oxygen atoms in total. The highest BCUT2D eigenvalue weighted by atomic mass is 35.6. The van der Waals surface area contributed by atoms with E-state index in [1.807, 2.05) is 20.8 Å². The Morgan fingerprint density at radius 1 is 0.833 bits per heavy atom. The number of alkyl halides is 6. The lowest BCUT2D eigenvalue weighted by Crippen LogP contribution is -2.57. The van der Waals surface area contributed by atoms with Gasteiger partial charge in [0.1, 0.15) is 43.5 Å². The first-order valence-electron chi connectivity index (χ1n) is 27.9. The predicted molar refractivity (Wildman–Crippen MR) is 325 cm³/mol. The lowest BCUT2D eigenvalue weighted by molar-refractivity contribution is -0.154. The summed E-state index contributed by atoms with van der Waals surface area (Å²) in [6, 6.07) is 3.02. The van der Waals surface area contributed by atoms with Crippen molar-refractivity contribution in [3.63, 3.8) is 0 Å². The molecule has 0 radical (unpaired) electrons. The number of nitrogens with zero attached hydrogens (tertiary/aromatic N) is 3. The number of unbranched alkanes of at least 4 members (excludes halogenated alkanes) is 4. The average molecular weight is 1330 g/mol. The average Bonchev–Trinajstić information content (AvgIpc) is 3.56. The van der Waals surface area contributed by atoms with Crippen LogP contribution in [0.3, 0.4) is 0 Å². The van der Waals surface area contributed by atoms with Crippen molar-refractivity contribution in [2.45, 2.75) is 177 Å². The van der Waals surface area contributed by atoms with E-state index in [0.29, 0.717) is 49.7 Å². The zero-order chi connectivity index (χ0) is 63.9. The molecule has 1 aliphatic heterocycles. The number of halogens is 6. The van der Waals surface area contributed by atoms with Crippen molar-refractivity contribution in [3.05, 3.63) is 59.2 Å². The molecule has 0 aliphatic carbocycles. The molecular formula is C56H85Cl6N6O15P. The topological polar surface area (TPSA) is 266 Å². The van der Waals surface area contributed by atoms with E-state index < -0.39 is 137 Å². The zero-order valence-corrected chi connectivity index (χ0v) is 55.4. The van der Waals surface area contributed by atoms with Crippen molar-refractivity contribution in [2.75, 3.05) is 47.0 Å². The van der Waals surface area contributed by atoms with Gasteiger partial charge in [-0.25, -0.2) is 18.9 Å². The van der Waals surface area contributed by atoms with Crippen LogP contribution >= 0.6 is 77.4 Å². The van der Waals surface area contributed by atoms with Gasteiger partial charge < -0.3 is 45.2 Å². The SMILES string of the molecule is C/C=C(\C)[C@H]1OC(=O)[C@@H](C)NC(=O)[C@H]([C@H](C)CC)NC(=O)CN(C)C(=O)[C@@H](Cc2ccccc2)N(C)C(=O)[C@H](C)NC(=O)[C@@H](CC(C)C)OC(=O)/C(C)=C/C[C@@H](N(CCCCCCCOP(=O)(OCC(Cl)(Cl)Cl)OCC(Cl)(Cl)Cl)C(=O)O)[C@@H]1C. The van der Waals surface area contributed by atoms with E-state index in [4.69, 9.17) is 92.7 Å². The molecule has 0 aromatic heterocycles. The number of hydrogen-bond donors (Lipinski definition) is 4. The first-order chi connectivity index (χ1) is 39.0. The number of phosphoric ester groups is 1. The van der Waals surface area contributed by atoms with Gasteiger partial charge in [-0.3, -0.25) is 37.5 Å². The largest absolute Gasteiger partial charge is 0.475 e. The Morgan fingerprint density at radius 2 is 1.40 bits per heavy atom. The number of rotatable bonds is 21. The third kappa shape index (κ3) is 27.0. The second kappa shape index (κ2) is 36.4. The van der Waals surface area contributed by atoms with Crippen LogP contribution in [0.2, 0.25) is 0 Å². The summed E-state index contributed by atoms with van der Waals surface area (Å²) in [5.74, 6) is -6.72. The van der Waals surface area contributed by atoms with Crippen LogP contribution < -0.4 is 16.0 Å². The number of carboxylic acid groups (broad SMARTS) is 1. The molecule has 0 unspecified atom stereocenters. The Labute approximate surface area is 524 Å². The van der Waals surface area contributed by atoms with Crippen LogP contribution in [0.5, 0.6) is 0 Å². The minimum atomic E-state index is -4.36. The number of nitrogens with one attached hydrogen (secondary N) is 3. The molecule has 6 amide bonds. The van der Waals surface area contributed by atoms with Crippen molar-refractivity contribution in [3.8, 4) is 0 Å². The number of allylic oxidation sites excluding steroid dienone is 1. The number of esters is 2. The van der Waals surface area contributed by atoms with E-state index in [1.54, 1.807) is 64.1 Å². The molecular weight excluding hydrogens is 1240 g/mol. The van der Waals surface area contributed by atoms with E-state index in [9.17, 15) is 48.0 Å². The predicted octanol–water partition coefficient (Wildman–Crippen LogP) is 10.1. The maximum atomic E-state index is 14.3. The van der Waals surface area contributed by atoms with Crippen LogP contribution in [0.15, 0.2) is 53.6 Å². The molecule has 1 aromatic rings. The summed E-state index contributed by atoms with van der Waals surface area (Å²) in [5.41, 5.74) is 1.26. The summed E-state index contributed by atoms with van der Waals surface area (Å²) < 4.78 is 37.0. The maximum absolute atomic E-state index is 14.3. The summed E-state index contributed by atoms with van der Waals surface area (Å²) in [7, 11) is -1.56. The van der Waals surface area contributed by atoms with Crippen molar-refractivity contribution < 1.29 is 71.1 Å². The second-order valence-corrected chi connectivity index (χ2v) is 28.2. The van der Waals surface area contributed by atoms with Gasteiger partial charge in [0, 0.05) is 44.6 Å². The number of carbonyl (C=O) groups is 8. The number of carbonyl (C=O) groups excluding carboxylic acids is 7. The molecule has 0 fully saturated rings. The number of benzene rings is 1. The van der Waals surface area contributed by atoms with E-state index in [0.717, 1.165) is 4.90 Å². The summed E-state index contributed by atoms with van der Waals surface area (Å²) >= 11 is 34.5. The Balaban J connectivity index is 2.64. The van der Waals surface area contributed by atoms with Gasteiger partial charge >= 0.3 is 25.9 Å². The van der Waals surface area contributed by atoms with Crippen molar-refractivity contribution in [2.24, 2.45) is 17.8 Å². The summed E-state index contributed by atoms with van der Waals surface area (Å²) in [4.78, 5) is 116. The molecule has 1 heterocycles. The van der Waals surface area contributed by atoms with Gasteiger partial charge in [0.25, 0.3) is 5.91 Å². The Hall–Kier alpha value is -3.89. The van der Waals surface area contributed by atoms with E-state index in [1.165, 1.54) is 50.7 Å². The number of likely N-dealkylation sites (N-methyl/N-ethyl adjacent to an activating group) is 2. The van der Waals surface area contributed by atoms with Crippen LogP contribution in [0, 0.1) is 17.8 Å². The molecule has 0 bridgehead atoms. The molecule has 0 saturated carbocycles. The molecule has 1 aliphatic rings. The summed E-state index contributed by atoms with van der Waals surface area (Å²) in [6.07, 6.45) is 2.03. The standard InChI is InChI=1S/C56H85Cl6N6O15P/c1-13-35(5)46-49(71)64-40(10)53(75)83-47(36(6)14-2)38(8)42(68(54(76)77)27-21-16-15-17-22-28-79-84(78,80-32-55(57,58)59)81-33-56(60,61)62)26-25-37(7)52(74)82-44(29-34(3)4)48(70)63-39(9)50(72)67(12)43(30-41-23-19-18-20-24-41)51(73)66(11)31-45(69)65-46/h14,18-20,23-25,34-35,38-40,42-44,46-47H,13,15-17,21-22,26-33H2,1-12H3,(H,63,70)(H,64,71)(H,65,69)(H,76,77)/b36-14+,37-25+/t35-,38+,39+,40-,42-,43-,44-,46+,47-/m1/s1. The Morgan fingerprint density at radius 3 is 1.95 bits per heavy atom. The third-order valence-corrected chi connectivity index (χ3v) is 16.1. The van der Waals surface area contributed by atoms with Gasteiger partial charge in [-0.1, -0.05) is 172 Å². The van der Waals surface area contributed by atoms with Crippen LogP contribution in [-0.4, -0.2) is 164 Å². The Kier molecular flexibility index (Phi) is 33.0. The van der Waals surface area contributed by atoms with Crippen LogP contribution in [0.25, 0.3) is 0 Å². The highest BCUT2D eigenvalue weighted by Gasteiger charge is 2.40. The van der Waals surface area contributed by atoms with Crippen molar-refractivity contribution >= 4 is 125 Å². The van der Waals surface area contributed by atoms with Gasteiger partial charge in [0.15, 0.2) is 6.10 Å². The quantitative estimate of drug-likeness (QED) is 0.0293. The first-order valence-corrected chi connectivity index (χ1v) is 31.6. The van der Waals surface area contributed by atoms with Crippen molar-refractivity contribution in [1.82, 2.24) is 30.7 Å². The van der Waals surface area contributed by atoms with E-state index in [-0.39, 0.29) is 43.9 Å². The number of amides is 6. The van der Waals surface area contributed by atoms with E-state index in [2.05, 4.69) is 16.0 Å². The molecule has 1 aromatic carbocycles. The fraction of sp³-hybridized carbons (Fsp3) is 0.679. The van der Waals surface area contributed by atoms with Gasteiger partial charge in [-0.2, -0.15) is 0 Å². The lowest BCUT2D eigenvalue weighted by atomic mass is 9.87. The second-order valence-electron chi connectivity index (χ2n) is 21.5. The fourth-order valence-corrected chi connectivity index (χ4v) is 10.9. The summed E-state index contributed by atoms with van der Waals surface area (Å²) in [6.45, 7) is 14.6. The van der Waals surface area contributed by atoms with Crippen LogP contribution in [0.4, 0.5) is 4.79 Å². The van der Waals surface area contributed by atoms with Gasteiger partial charge in [0.2, 0.25) is 31.2 Å². The molecule has 4 N–H and O–H groups in total. The molecule has 2 rings (SSSR count). The number of ether oxygens (including phenoxy) is 2. The Bertz CT molecular complexity index is 2440. The highest BCUT2D eigenvalue weighted by Crippen LogP contribution is 2.52. The third-order valence-electron chi connectivity index (χ3n) is 14.0. The minimum absolute atomic E-state index is 0.0203. The van der Waals surface area contributed by atoms with E-state index >= 15 is 0 Å². The summed E-state index contributed by atoms with van der Waals surface area (Å²) in [5, 5.41) is 19.0. The molecule has 0 spiro atoms.